The number of nitrogens with one attached hydrogen (secondary N) is 3. The standard InChI is InChI=1S/C28H26FN9O3/c1-2-23(40)31-18-5-3-4-17(14-18)25-24-26(33-22(16-30)34-27(24)41)36-28(35-25)32-21-7-6-19(15-20(21)29)38-10-8-37(9-11-38)12-13-39/h2-7,14-15,39H,1,8-13H2,(H,31,40)(H2,32,33,34,35,36,41). The van der Waals surface area contributed by atoms with E-state index in [1.165, 1.54) is 6.07 Å². The minimum absolute atomic E-state index is 0.0258. The second kappa shape index (κ2) is 11.9. The SMILES string of the molecule is C=CC(=O)Nc1cccc(-c2nc(Nc3ccc(N4CCN(CCO)CC4)cc3F)nc3nc(C#N)[nH]c(=O)c23)c1. The summed E-state index contributed by atoms with van der Waals surface area (Å²) in [6, 6.07) is 13.2. The van der Waals surface area contributed by atoms with E-state index in [1.807, 2.05) is 0 Å². The number of rotatable bonds is 8. The third-order valence-electron chi connectivity index (χ3n) is 6.61. The number of anilines is 4. The highest BCUT2D eigenvalue weighted by molar-refractivity contribution is 5.99. The molecule has 5 rings (SSSR count). The van der Waals surface area contributed by atoms with Crippen molar-refractivity contribution in [1.82, 2.24) is 24.8 Å². The van der Waals surface area contributed by atoms with E-state index < -0.39 is 17.3 Å². The summed E-state index contributed by atoms with van der Waals surface area (Å²) in [5, 5.41) is 24.0. The summed E-state index contributed by atoms with van der Waals surface area (Å²) in [4.78, 5) is 44.3. The summed E-state index contributed by atoms with van der Waals surface area (Å²) in [7, 11) is 0. The summed E-state index contributed by atoms with van der Waals surface area (Å²) in [5.74, 6) is -1.23. The van der Waals surface area contributed by atoms with E-state index in [0.717, 1.165) is 24.9 Å². The Morgan fingerprint density at radius 2 is 1.98 bits per heavy atom. The monoisotopic (exact) mass is 555 g/mol. The number of benzene rings is 2. The number of hydrogen-bond acceptors (Lipinski definition) is 10. The summed E-state index contributed by atoms with van der Waals surface area (Å²) in [5.41, 5.74) is 1.21. The van der Waals surface area contributed by atoms with Crippen LogP contribution >= 0.6 is 0 Å². The second-order valence-electron chi connectivity index (χ2n) is 9.24. The number of β-amino-alcohol motifs (C(OH)–C–C–N with tert-alkyl or cyclic N) is 1. The van der Waals surface area contributed by atoms with Gasteiger partial charge in [0.15, 0.2) is 5.65 Å². The first-order valence-electron chi connectivity index (χ1n) is 12.8. The first-order valence-corrected chi connectivity index (χ1v) is 12.8. The minimum atomic E-state index is -0.622. The Kier molecular flexibility index (Phi) is 7.95. The zero-order chi connectivity index (χ0) is 28.9. The van der Waals surface area contributed by atoms with Gasteiger partial charge in [-0.05, 0) is 36.4 Å². The molecule has 4 N–H and O–H groups in total. The number of fused-ring (bicyclic) bond motifs is 1. The Morgan fingerprint density at radius 3 is 2.68 bits per heavy atom. The van der Waals surface area contributed by atoms with Crippen LogP contribution in [0.1, 0.15) is 5.82 Å². The molecule has 3 heterocycles. The highest BCUT2D eigenvalue weighted by atomic mass is 19.1. The highest BCUT2D eigenvalue weighted by Crippen LogP contribution is 2.29. The van der Waals surface area contributed by atoms with E-state index in [1.54, 1.807) is 42.5 Å². The molecule has 208 valence electrons. The topological polar surface area (TPSA) is 163 Å². The van der Waals surface area contributed by atoms with Crippen LogP contribution in [0.3, 0.4) is 0 Å². The zero-order valence-electron chi connectivity index (χ0n) is 21.9. The Bertz CT molecular complexity index is 1730. The third kappa shape index (κ3) is 6.03. The largest absolute Gasteiger partial charge is 0.395 e. The number of amides is 1. The van der Waals surface area contributed by atoms with E-state index in [-0.39, 0.29) is 40.8 Å². The number of halogens is 1. The maximum Gasteiger partial charge on any atom is 0.263 e. The molecule has 0 spiro atoms. The molecule has 2 aromatic heterocycles. The van der Waals surface area contributed by atoms with Gasteiger partial charge < -0.3 is 20.6 Å². The lowest BCUT2D eigenvalue weighted by Crippen LogP contribution is -2.47. The predicted molar refractivity (Wildman–Crippen MR) is 152 cm³/mol. The van der Waals surface area contributed by atoms with Crippen molar-refractivity contribution in [2.24, 2.45) is 0 Å². The van der Waals surface area contributed by atoms with Gasteiger partial charge in [-0.3, -0.25) is 19.5 Å². The summed E-state index contributed by atoms with van der Waals surface area (Å²) in [6.45, 7) is 7.11. The molecule has 1 aliphatic heterocycles. The van der Waals surface area contributed by atoms with Crippen LogP contribution in [0.25, 0.3) is 22.3 Å². The molecule has 41 heavy (non-hydrogen) atoms. The molecule has 0 radical (unpaired) electrons. The molecule has 0 bridgehead atoms. The molecule has 0 aliphatic carbocycles. The van der Waals surface area contributed by atoms with Crippen molar-refractivity contribution in [3.05, 3.63) is 77.1 Å². The zero-order valence-corrected chi connectivity index (χ0v) is 21.9. The molecule has 2 aromatic carbocycles. The third-order valence-corrected chi connectivity index (χ3v) is 6.61. The van der Waals surface area contributed by atoms with Gasteiger partial charge in [0.1, 0.15) is 17.3 Å². The number of aromatic amines is 1. The van der Waals surface area contributed by atoms with E-state index in [4.69, 9.17) is 5.11 Å². The lowest BCUT2D eigenvalue weighted by Gasteiger charge is -2.35. The van der Waals surface area contributed by atoms with Crippen LogP contribution in [0.4, 0.5) is 27.4 Å². The Labute approximate surface area is 233 Å². The molecule has 1 aliphatic rings. The predicted octanol–water partition coefficient (Wildman–Crippen LogP) is 2.37. The van der Waals surface area contributed by atoms with Gasteiger partial charge in [-0.1, -0.05) is 18.7 Å². The van der Waals surface area contributed by atoms with Gasteiger partial charge in [0.25, 0.3) is 5.56 Å². The summed E-state index contributed by atoms with van der Waals surface area (Å²) in [6.07, 6.45) is 1.13. The maximum atomic E-state index is 15.3. The van der Waals surface area contributed by atoms with Crippen LogP contribution < -0.4 is 21.1 Å². The average molecular weight is 556 g/mol. The number of aliphatic hydroxyl groups is 1. The fourth-order valence-electron chi connectivity index (χ4n) is 4.59. The van der Waals surface area contributed by atoms with Crippen molar-refractivity contribution in [3.63, 3.8) is 0 Å². The first kappa shape index (κ1) is 27.4. The number of aliphatic hydroxyl groups excluding tert-OH is 1. The molecule has 12 nitrogen and oxygen atoms in total. The van der Waals surface area contributed by atoms with E-state index in [0.29, 0.717) is 30.9 Å². The van der Waals surface area contributed by atoms with Crippen LogP contribution in [-0.4, -0.2) is 75.2 Å². The van der Waals surface area contributed by atoms with Gasteiger partial charge in [0.05, 0.1) is 18.0 Å². The van der Waals surface area contributed by atoms with Crippen LogP contribution in [0.5, 0.6) is 0 Å². The molecule has 1 fully saturated rings. The van der Waals surface area contributed by atoms with Gasteiger partial charge in [0.2, 0.25) is 17.7 Å². The number of hydrogen-bond donors (Lipinski definition) is 4. The quantitative estimate of drug-likeness (QED) is 0.237. The minimum Gasteiger partial charge on any atom is -0.395 e. The second-order valence-corrected chi connectivity index (χ2v) is 9.24. The Hall–Kier alpha value is -5.19. The number of piperazine rings is 1. The van der Waals surface area contributed by atoms with Gasteiger partial charge in [-0.25, -0.2) is 9.37 Å². The summed E-state index contributed by atoms with van der Waals surface area (Å²) < 4.78 is 15.3. The number of nitrogens with zero attached hydrogens (tertiary/aromatic N) is 6. The molecule has 0 saturated carbocycles. The van der Waals surface area contributed by atoms with Crippen LogP contribution in [0.2, 0.25) is 0 Å². The summed E-state index contributed by atoms with van der Waals surface area (Å²) >= 11 is 0. The Morgan fingerprint density at radius 1 is 1.17 bits per heavy atom. The van der Waals surface area contributed by atoms with Crippen molar-refractivity contribution >= 4 is 40.0 Å². The molecular weight excluding hydrogens is 529 g/mol. The van der Waals surface area contributed by atoms with Gasteiger partial charge in [-0.15, -0.1) is 0 Å². The molecule has 0 atom stereocenters. The van der Waals surface area contributed by atoms with Crippen molar-refractivity contribution in [3.8, 4) is 17.3 Å². The van der Waals surface area contributed by atoms with Crippen molar-refractivity contribution in [2.75, 3.05) is 54.9 Å². The first-order chi connectivity index (χ1) is 19.9. The molecule has 0 unspecified atom stereocenters. The fraction of sp³-hybridized carbons (Fsp3) is 0.214. The van der Waals surface area contributed by atoms with Gasteiger partial charge in [0, 0.05) is 49.7 Å². The number of carbonyl (C=O) groups excluding carboxylic acids is 1. The van der Waals surface area contributed by atoms with Crippen molar-refractivity contribution in [1.29, 1.82) is 5.26 Å². The highest BCUT2D eigenvalue weighted by Gasteiger charge is 2.20. The smallest absolute Gasteiger partial charge is 0.263 e. The van der Waals surface area contributed by atoms with E-state index in [9.17, 15) is 14.9 Å². The maximum absolute atomic E-state index is 15.3. The van der Waals surface area contributed by atoms with Gasteiger partial charge >= 0.3 is 0 Å². The lowest BCUT2D eigenvalue weighted by molar-refractivity contribution is -0.111. The van der Waals surface area contributed by atoms with Gasteiger partial charge in [-0.2, -0.15) is 15.2 Å². The number of H-pyrrole nitrogens is 1. The number of nitriles is 1. The van der Waals surface area contributed by atoms with E-state index in [2.05, 4.69) is 46.9 Å². The van der Waals surface area contributed by atoms with Crippen LogP contribution in [-0.2, 0) is 4.79 Å². The molecule has 4 aromatic rings. The molecule has 1 amide bonds. The van der Waals surface area contributed by atoms with Crippen molar-refractivity contribution in [2.45, 2.75) is 0 Å². The lowest BCUT2D eigenvalue weighted by atomic mass is 10.1. The molecular formula is C28H26FN9O3. The number of carbonyl (C=O) groups is 1. The fourth-order valence-corrected chi connectivity index (χ4v) is 4.59. The van der Waals surface area contributed by atoms with Crippen LogP contribution in [0, 0.1) is 17.1 Å². The molecule has 1 saturated heterocycles. The average Bonchev–Trinajstić information content (AvgIpc) is 2.98. The normalized spacial score (nSPS) is 13.5. The Balaban J connectivity index is 1.50. The van der Waals surface area contributed by atoms with E-state index >= 15 is 4.39 Å². The number of aromatic nitrogens is 4. The van der Waals surface area contributed by atoms with Crippen LogP contribution in [0.15, 0.2) is 59.9 Å². The molecule has 13 heteroatoms. The van der Waals surface area contributed by atoms with Crippen molar-refractivity contribution < 1.29 is 14.3 Å².